The van der Waals surface area contributed by atoms with Gasteiger partial charge in [0.1, 0.15) is 18.3 Å². The molecule has 1 aromatic heterocycles. The average Bonchev–Trinajstić information content (AvgIpc) is 3.39. The molecule has 18 heteroatoms. The van der Waals surface area contributed by atoms with Crippen LogP contribution in [-0.2, 0) is 38.4 Å². The number of hydroxylamine groups is 2. The Morgan fingerprint density at radius 3 is 2.61 bits per heavy atom. The van der Waals surface area contributed by atoms with Crippen molar-refractivity contribution in [3.8, 4) is 0 Å². The first-order chi connectivity index (χ1) is 14.6. The molecule has 0 bridgehead atoms. The number of esters is 1. The van der Waals surface area contributed by atoms with Crippen LogP contribution in [0.4, 0.5) is 5.13 Å². The summed E-state index contributed by atoms with van der Waals surface area (Å²) in [7, 11) is 0. The molecule has 2 aliphatic heterocycles. The minimum atomic E-state index is -2.33. The van der Waals surface area contributed by atoms with Crippen molar-refractivity contribution in [2.45, 2.75) is 24.6 Å². The zero-order valence-corrected chi connectivity index (χ0v) is 22.3. The Morgan fingerprint density at radius 1 is 1.39 bits per heavy atom. The van der Waals surface area contributed by atoms with Gasteiger partial charge in [-0.05, 0) is 0 Å². The Hall–Kier alpha value is -1.79. The molecule has 0 aliphatic carbocycles. The van der Waals surface area contributed by atoms with E-state index in [1.165, 1.54) is 5.38 Å². The predicted molar refractivity (Wildman–Crippen MR) is 99.3 cm³/mol. The van der Waals surface area contributed by atoms with Crippen LogP contribution in [0.25, 0.3) is 0 Å². The summed E-state index contributed by atoms with van der Waals surface area (Å²) in [6.07, 6.45) is -0.569. The normalized spacial score (nSPS) is 22.1. The number of carboxylic acids is 2. The number of amides is 2. The van der Waals surface area contributed by atoms with Crippen molar-refractivity contribution < 1.29 is 111 Å². The van der Waals surface area contributed by atoms with E-state index in [2.05, 4.69) is 20.3 Å². The summed E-state index contributed by atoms with van der Waals surface area (Å²) in [4.78, 5) is 72.6. The van der Waals surface area contributed by atoms with E-state index in [4.69, 9.17) is 20.4 Å². The standard InChI is InChI=1S/C15H15N5O10S.2Na.2H/c16-14-18-7(5-31-14)10(19-28-4-8(21)22)11(24)17-6-3-29-20(12(6)25)15(13(26)27)2-1-9(23)30-15;;;;/h5-6H,1-4H2,(H2,16,18)(H,17,24)(H,21,22)(H,26,27);;;;/q;2*+1;2*-1/b19-10-;;;;/t6-,15?;;;;/m0..../s1. The van der Waals surface area contributed by atoms with Crippen LogP contribution in [0.3, 0.4) is 0 Å². The maximum absolute atomic E-state index is 12.7. The van der Waals surface area contributed by atoms with E-state index in [0.29, 0.717) is 5.06 Å². The van der Waals surface area contributed by atoms with Gasteiger partial charge in [-0.3, -0.25) is 19.2 Å². The van der Waals surface area contributed by atoms with Crippen LogP contribution < -0.4 is 70.2 Å². The largest absolute Gasteiger partial charge is 1.00 e. The number of hydrogen-bond donors (Lipinski definition) is 4. The number of rotatable bonds is 8. The maximum atomic E-state index is 12.7. The Bertz CT molecular complexity index is 999. The third-order valence-electron chi connectivity index (χ3n) is 4.11. The number of hydrogen-bond acceptors (Lipinski definition) is 12. The second-order valence-electron chi connectivity index (χ2n) is 6.20. The molecular weight excluding hydrogens is 488 g/mol. The Balaban J connectivity index is 0. The summed E-state index contributed by atoms with van der Waals surface area (Å²) >= 11 is 0.974. The Labute approximate surface area is 236 Å². The number of carbonyl (C=O) groups is 5. The quantitative estimate of drug-likeness (QED) is 0.112. The summed E-state index contributed by atoms with van der Waals surface area (Å²) < 4.78 is 4.82. The first-order valence-electron chi connectivity index (χ1n) is 8.50. The number of cyclic esters (lactones) is 1. The maximum Gasteiger partial charge on any atom is 1.00 e. The minimum absolute atomic E-state index is 0. The van der Waals surface area contributed by atoms with Gasteiger partial charge in [0.15, 0.2) is 10.8 Å². The van der Waals surface area contributed by atoms with E-state index >= 15 is 0 Å². The number of aromatic nitrogens is 1. The van der Waals surface area contributed by atoms with Crippen molar-refractivity contribution in [2.24, 2.45) is 5.16 Å². The summed E-state index contributed by atoms with van der Waals surface area (Å²) in [6, 6.07) is -1.36. The number of carboxylic acid groups (broad SMARTS) is 2. The second kappa shape index (κ2) is 12.1. The number of oxime groups is 1. The topological polar surface area (TPSA) is 220 Å². The molecule has 2 atom stereocenters. The number of carbonyl (C=O) groups excluding carboxylic acids is 3. The molecule has 0 radical (unpaired) electrons. The van der Waals surface area contributed by atoms with Crippen molar-refractivity contribution in [1.29, 1.82) is 0 Å². The first-order valence-corrected chi connectivity index (χ1v) is 9.38. The van der Waals surface area contributed by atoms with Crippen molar-refractivity contribution in [3.63, 3.8) is 0 Å². The van der Waals surface area contributed by atoms with Crippen LogP contribution in [0.1, 0.15) is 21.4 Å². The molecule has 0 spiro atoms. The molecule has 1 aromatic rings. The molecule has 0 saturated carbocycles. The number of nitrogens with one attached hydrogen (secondary N) is 1. The zero-order valence-electron chi connectivity index (χ0n) is 19.5. The van der Waals surface area contributed by atoms with Gasteiger partial charge in [0.05, 0.1) is 6.42 Å². The Morgan fingerprint density at radius 2 is 2.09 bits per heavy atom. The predicted octanol–water partition coefficient (Wildman–Crippen LogP) is -7.86. The molecule has 2 saturated heterocycles. The molecule has 5 N–H and O–H groups in total. The molecule has 15 nitrogen and oxygen atoms in total. The third kappa shape index (κ3) is 6.42. The molecule has 1 unspecified atom stereocenters. The number of aliphatic carboxylic acids is 2. The van der Waals surface area contributed by atoms with Gasteiger partial charge in [-0.15, -0.1) is 11.3 Å². The Kier molecular flexibility index (Phi) is 10.7. The van der Waals surface area contributed by atoms with Crippen LogP contribution in [0.2, 0.25) is 0 Å². The number of anilines is 1. The van der Waals surface area contributed by atoms with Crippen LogP contribution >= 0.6 is 11.3 Å². The van der Waals surface area contributed by atoms with Gasteiger partial charge < -0.3 is 33.7 Å². The van der Waals surface area contributed by atoms with Crippen molar-refractivity contribution in [1.82, 2.24) is 15.4 Å². The average molecular weight is 505 g/mol. The van der Waals surface area contributed by atoms with Crippen LogP contribution in [0.5, 0.6) is 0 Å². The van der Waals surface area contributed by atoms with E-state index in [0.717, 1.165) is 11.3 Å². The number of nitrogen functional groups attached to an aromatic ring is 1. The van der Waals surface area contributed by atoms with E-state index < -0.39 is 60.4 Å². The van der Waals surface area contributed by atoms with Gasteiger partial charge in [0.2, 0.25) is 6.61 Å². The monoisotopic (exact) mass is 505 g/mol. The SMILES string of the molecule is Nc1nc(/C(=N/OCC(=O)O)C(=O)N[C@H]2CON(C3(C(=O)O)CCC(=O)O3)C2=O)cs1.[H-].[H-].[Na+].[Na+]. The third-order valence-corrected chi connectivity index (χ3v) is 4.78. The van der Waals surface area contributed by atoms with Gasteiger partial charge in [0.25, 0.3) is 11.8 Å². The van der Waals surface area contributed by atoms with Crippen molar-refractivity contribution >= 4 is 51.9 Å². The molecule has 3 heterocycles. The summed E-state index contributed by atoms with van der Waals surface area (Å²) in [5.41, 5.74) is 2.68. The van der Waals surface area contributed by atoms with Gasteiger partial charge in [-0.25, -0.2) is 14.6 Å². The minimum Gasteiger partial charge on any atom is -1.00 e. The molecule has 2 aliphatic rings. The molecule has 0 aromatic carbocycles. The molecule has 33 heavy (non-hydrogen) atoms. The van der Waals surface area contributed by atoms with Crippen molar-refractivity contribution in [3.05, 3.63) is 11.1 Å². The fourth-order valence-electron chi connectivity index (χ4n) is 2.73. The van der Waals surface area contributed by atoms with Crippen LogP contribution in [0.15, 0.2) is 10.5 Å². The second-order valence-corrected chi connectivity index (χ2v) is 7.09. The molecule has 2 amide bonds. The number of ether oxygens (including phenoxy) is 1. The van der Waals surface area contributed by atoms with E-state index in [9.17, 15) is 29.1 Å². The van der Waals surface area contributed by atoms with Gasteiger partial charge in [-0.1, -0.05) is 5.16 Å². The van der Waals surface area contributed by atoms with Crippen molar-refractivity contribution in [2.75, 3.05) is 18.9 Å². The molecule has 170 valence electrons. The number of thiazole rings is 1. The fourth-order valence-corrected chi connectivity index (χ4v) is 3.28. The van der Waals surface area contributed by atoms with Crippen LogP contribution in [0, 0.1) is 0 Å². The van der Waals surface area contributed by atoms with Gasteiger partial charge >= 0.3 is 82.7 Å². The first kappa shape index (κ1) is 29.2. The molecular formula is C15H17N5Na2O10S. The van der Waals surface area contributed by atoms with Gasteiger partial charge in [0, 0.05) is 11.8 Å². The summed E-state index contributed by atoms with van der Waals surface area (Å²) in [5, 5.41) is 25.7. The summed E-state index contributed by atoms with van der Waals surface area (Å²) in [6.45, 7) is -1.30. The zero-order chi connectivity index (χ0) is 22.8. The molecule has 2 fully saturated rings. The smallest absolute Gasteiger partial charge is 1.00 e. The van der Waals surface area contributed by atoms with E-state index in [-0.39, 0.29) is 85.6 Å². The van der Waals surface area contributed by atoms with E-state index in [1.54, 1.807) is 0 Å². The number of nitrogens with two attached hydrogens (primary N) is 1. The fraction of sp³-hybridized carbons (Fsp3) is 0.400. The number of nitrogens with zero attached hydrogens (tertiary/aromatic N) is 3. The van der Waals surface area contributed by atoms with Gasteiger partial charge in [-0.2, -0.15) is 5.06 Å². The molecule has 3 rings (SSSR count). The summed E-state index contributed by atoms with van der Waals surface area (Å²) in [5.74, 6) is -5.75. The van der Waals surface area contributed by atoms with Crippen LogP contribution in [-0.4, -0.2) is 80.7 Å². The van der Waals surface area contributed by atoms with E-state index in [1.807, 2.05) is 0 Å².